The van der Waals surface area contributed by atoms with Gasteiger partial charge in [-0.3, -0.25) is 0 Å². The van der Waals surface area contributed by atoms with E-state index in [0.29, 0.717) is 6.73 Å². The highest BCUT2D eigenvalue weighted by molar-refractivity contribution is 5.54. The Labute approximate surface area is 203 Å². The van der Waals surface area contributed by atoms with Crippen LogP contribution in [0.25, 0.3) is 0 Å². The molecule has 174 valence electrons. The molecule has 4 heteroatoms. The molecule has 34 heavy (non-hydrogen) atoms. The summed E-state index contributed by atoms with van der Waals surface area (Å²) >= 11 is 0. The second-order valence-electron chi connectivity index (χ2n) is 9.22. The smallest absolute Gasteiger partial charge is 0.161 e. The first kappa shape index (κ1) is 22.1. The minimum Gasteiger partial charge on any atom is -0.473 e. The Morgan fingerprint density at radius 1 is 0.794 bits per heavy atom. The molecule has 0 unspecified atom stereocenters. The molecule has 2 aliphatic heterocycles. The van der Waals surface area contributed by atoms with E-state index in [9.17, 15) is 0 Å². The van der Waals surface area contributed by atoms with Crippen LogP contribution in [0.4, 0.5) is 11.4 Å². The Bertz CT molecular complexity index is 1200. The number of fused-ring (bicyclic) bond motifs is 2. The van der Waals surface area contributed by atoms with Gasteiger partial charge < -0.3 is 19.9 Å². The monoisotopic (exact) mass is 451 g/mol. The third kappa shape index (κ3) is 5.12. The van der Waals surface area contributed by atoms with Gasteiger partial charge in [0.25, 0.3) is 0 Å². The zero-order valence-corrected chi connectivity index (χ0v) is 20.1. The van der Waals surface area contributed by atoms with Gasteiger partial charge in [-0.25, -0.2) is 0 Å². The molecule has 3 aromatic rings. The molecule has 0 aromatic heterocycles. The van der Waals surface area contributed by atoms with Crippen LogP contribution in [0.1, 0.15) is 35.1 Å². The first-order valence-corrected chi connectivity index (χ1v) is 12.1. The Hall–Kier alpha value is -3.66. The van der Waals surface area contributed by atoms with Crippen LogP contribution < -0.4 is 15.0 Å². The highest BCUT2D eigenvalue weighted by Gasteiger charge is 2.18. The van der Waals surface area contributed by atoms with Crippen LogP contribution in [0.15, 0.2) is 90.7 Å². The zero-order valence-electron chi connectivity index (χ0n) is 20.1. The van der Waals surface area contributed by atoms with Crippen molar-refractivity contribution in [2.75, 3.05) is 23.6 Å². The normalized spacial score (nSPS) is 16.2. The van der Waals surface area contributed by atoms with E-state index in [2.05, 4.69) is 108 Å². The standard InChI is InChI=1S/C15H18N2.C15H15NO/c1-12-7-8-15-13(9-12)10-17(11-16-15)14-5-3-2-4-6-14;1-12-7-8-15-13(9-12)10-16(11-17-15)14-5-3-2-4-6-14/h3,5-9,16H,2,4,10-11H2,1H3;2-9H,10-11H2,1H3. The number of allylic oxidation sites excluding steroid dienone is 3. The van der Waals surface area contributed by atoms with Gasteiger partial charge in [0.1, 0.15) is 5.75 Å². The van der Waals surface area contributed by atoms with E-state index < -0.39 is 0 Å². The number of aryl methyl sites for hydroxylation is 2. The molecule has 6 rings (SSSR count). The van der Waals surface area contributed by atoms with Crippen molar-refractivity contribution < 1.29 is 4.74 Å². The maximum Gasteiger partial charge on any atom is 0.161 e. The van der Waals surface area contributed by atoms with Crippen LogP contribution in [-0.4, -0.2) is 18.3 Å². The molecule has 0 saturated carbocycles. The summed E-state index contributed by atoms with van der Waals surface area (Å²) in [7, 11) is 0. The molecular formula is C30H33N3O. The van der Waals surface area contributed by atoms with Gasteiger partial charge in [0, 0.05) is 35.7 Å². The summed E-state index contributed by atoms with van der Waals surface area (Å²) in [4.78, 5) is 4.64. The molecule has 0 spiro atoms. The lowest BCUT2D eigenvalue weighted by molar-refractivity contribution is 0.289. The summed E-state index contributed by atoms with van der Waals surface area (Å²) < 4.78 is 5.77. The van der Waals surface area contributed by atoms with E-state index >= 15 is 0 Å². The average Bonchev–Trinajstić information content (AvgIpc) is 2.89. The predicted molar refractivity (Wildman–Crippen MR) is 141 cm³/mol. The van der Waals surface area contributed by atoms with Crippen molar-refractivity contribution in [2.45, 2.75) is 39.8 Å². The van der Waals surface area contributed by atoms with Gasteiger partial charge in [-0.1, -0.05) is 65.7 Å². The van der Waals surface area contributed by atoms with Crippen molar-refractivity contribution in [3.8, 4) is 5.75 Å². The van der Waals surface area contributed by atoms with Crippen molar-refractivity contribution in [2.24, 2.45) is 0 Å². The highest BCUT2D eigenvalue weighted by atomic mass is 16.5. The van der Waals surface area contributed by atoms with E-state index in [-0.39, 0.29) is 0 Å². The highest BCUT2D eigenvalue weighted by Crippen LogP contribution is 2.29. The van der Waals surface area contributed by atoms with Crippen LogP contribution in [0.3, 0.4) is 0 Å². The lowest BCUT2D eigenvalue weighted by atomic mass is 10.1. The molecule has 0 atom stereocenters. The second-order valence-corrected chi connectivity index (χ2v) is 9.22. The molecule has 2 heterocycles. The molecule has 0 radical (unpaired) electrons. The molecule has 4 nitrogen and oxygen atoms in total. The lowest BCUT2D eigenvalue weighted by Gasteiger charge is -2.33. The third-order valence-electron chi connectivity index (χ3n) is 6.50. The van der Waals surface area contributed by atoms with Gasteiger partial charge in [0.2, 0.25) is 0 Å². The fraction of sp³-hybridized carbons (Fsp3) is 0.267. The van der Waals surface area contributed by atoms with Gasteiger partial charge >= 0.3 is 0 Å². The van der Waals surface area contributed by atoms with Gasteiger partial charge in [-0.15, -0.1) is 0 Å². The fourth-order valence-corrected chi connectivity index (χ4v) is 4.66. The number of para-hydroxylation sites is 1. The van der Waals surface area contributed by atoms with Gasteiger partial charge in [0.15, 0.2) is 6.73 Å². The Morgan fingerprint density at radius 3 is 2.35 bits per heavy atom. The Kier molecular flexibility index (Phi) is 6.57. The van der Waals surface area contributed by atoms with E-state index in [4.69, 9.17) is 4.74 Å². The first-order valence-electron chi connectivity index (χ1n) is 12.1. The SMILES string of the molecule is Cc1ccc2c(c1)CN(C1=CCCC=C1)CN2.Cc1ccc2c(c1)CN(c1ccccc1)CO2. The average molecular weight is 452 g/mol. The lowest BCUT2D eigenvalue weighted by Crippen LogP contribution is -2.32. The summed E-state index contributed by atoms with van der Waals surface area (Å²) in [6, 6.07) is 23.4. The molecule has 3 aliphatic rings. The van der Waals surface area contributed by atoms with Crippen LogP contribution >= 0.6 is 0 Å². The summed E-state index contributed by atoms with van der Waals surface area (Å²) in [5.74, 6) is 1.02. The van der Waals surface area contributed by atoms with Crippen molar-refractivity contribution in [1.82, 2.24) is 4.90 Å². The second kappa shape index (κ2) is 10.1. The molecule has 0 fully saturated rings. The van der Waals surface area contributed by atoms with Crippen molar-refractivity contribution in [1.29, 1.82) is 0 Å². The number of benzene rings is 3. The number of nitrogens with one attached hydrogen (secondary N) is 1. The minimum atomic E-state index is 0.625. The Balaban J connectivity index is 0.000000142. The van der Waals surface area contributed by atoms with Crippen molar-refractivity contribution in [3.05, 3.63) is 113 Å². The van der Waals surface area contributed by atoms with Crippen LogP contribution in [0.5, 0.6) is 5.75 Å². The fourth-order valence-electron chi connectivity index (χ4n) is 4.66. The number of hydrogen-bond donors (Lipinski definition) is 1. The molecule has 3 aromatic carbocycles. The van der Waals surface area contributed by atoms with E-state index in [0.717, 1.165) is 25.5 Å². The number of ether oxygens (including phenoxy) is 1. The van der Waals surface area contributed by atoms with Crippen LogP contribution in [-0.2, 0) is 13.1 Å². The van der Waals surface area contributed by atoms with E-state index in [1.807, 2.05) is 6.07 Å². The van der Waals surface area contributed by atoms with Crippen molar-refractivity contribution >= 4 is 11.4 Å². The molecule has 1 N–H and O–H groups in total. The maximum atomic E-state index is 5.77. The number of rotatable bonds is 2. The van der Waals surface area contributed by atoms with E-state index in [1.165, 1.54) is 52.2 Å². The zero-order chi connectivity index (χ0) is 23.3. The largest absolute Gasteiger partial charge is 0.473 e. The van der Waals surface area contributed by atoms with Gasteiger partial charge in [-0.2, -0.15) is 0 Å². The first-order chi connectivity index (χ1) is 16.7. The summed E-state index contributed by atoms with van der Waals surface area (Å²) in [6.45, 7) is 7.73. The number of hydrogen-bond acceptors (Lipinski definition) is 4. The molecule has 0 saturated heterocycles. The van der Waals surface area contributed by atoms with Crippen LogP contribution in [0.2, 0.25) is 0 Å². The predicted octanol–water partition coefficient (Wildman–Crippen LogP) is 6.77. The molecular weight excluding hydrogens is 418 g/mol. The van der Waals surface area contributed by atoms with Gasteiger partial charge in [-0.05, 0) is 62.6 Å². The maximum absolute atomic E-state index is 5.77. The van der Waals surface area contributed by atoms with Gasteiger partial charge in [0.05, 0.1) is 6.67 Å². The quantitative estimate of drug-likeness (QED) is 0.466. The third-order valence-corrected chi connectivity index (χ3v) is 6.50. The summed E-state index contributed by atoms with van der Waals surface area (Å²) in [5.41, 5.74) is 9.13. The molecule has 1 aliphatic carbocycles. The topological polar surface area (TPSA) is 27.7 Å². The number of anilines is 2. The summed E-state index contributed by atoms with van der Waals surface area (Å²) in [6.07, 6.45) is 9.19. The number of nitrogens with zero attached hydrogens (tertiary/aromatic N) is 2. The molecule has 0 bridgehead atoms. The Morgan fingerprint density at radius 2 is 1.56 bits per heavy atom. The van der Waals surface area contributed by atoms with Crippen molar-refractivity contribution in [3.63, 3.8) is 0 Å². The van der Waals surface area contributed by atoms with Crippen LogP contribution in [0, 0.1) is 13.8 Å². The minimum absolute atomic E-state index is 0.625. The summed E-state index contributed by atoms with van der Waals surface area (Å²) in [5, 5.41) is 3.49. The van der Waals surface area contributed by atoms with E-state index in [1.54, 1.807) is 0 Å². The molecule has 0 amide bonds.